The topological polar surface area (TPSA) is 132 Å². The number of aliphatic hydroxyl groups is 1. The SMILES string of the molecule is O=C1C(=O)N(c2nc3ccc(F)cc3s2)C(c2ccc([N+](=O)[O-])cc2)/C1=C(\O)c1ccc2c(c1)OCCO2. The van der Waals surface area contributed by atoms with Gasteiger partial charge in [-0.1, -0.05) is 11.3 Å². The monoisotopic (exact) mass is 533 g/mol. The first-order chi connectivity index (χ1) is 18.3. The van der Waals surface area contributed by atoms with Crippen molar-refractivity contribution in [1.82, 2.24) is 4.98 Å². The van der Waals surface area contributed by atoms with Crippen molar-refractivity contribution in [3.8, 4) is 11.5 Å². The van der Waals surface area contributed by atoms with E-state index in [1.54, 1.807) is 6.07 Å². The fourth-order valence-electron chi connectivity index (χ4n) is 4.46. The molecular weight excluding hydrogens is 517 g/mol. The van der Waals surface area contributed by atoms with Crippen LogP contribution in [0.1, 0.15) is 17.2 Å². The molecule has 1 atom stereocenters. The normalized spacial score (nSPS) is 18.2. The lowest BCUT2D eigenvalue weighted by atomic mass is 9.95. The number of ketones is 1. The summed E-state index contributed by atoms with van der Waals surface area (Å²) < 4.78 is 25.4. The van der Waals surface area contributed by atoms with Crippen LogP contribution in [0.3, 0.4) is 0 Å². The second-order valence-corrected chi connectivity index (χ2v) is 9.49. The minimum atomic E-state index is -1.16. The fraction of sp³-hybridized carbons (Fsp3) is 0.115. The standard InChI is InChI=1S/C26H16FN3O7S/c27-15-4-7-17-20(12-15)38-26(28-17)29-22(13-1-5-16(6-2-13)30(34)35)21(24(32)25(29)33)23(31)14-3-8-18-19(11-14)37-10-9-36-18/h1-8,11-12,22,31H,9-10H2/b23-21+. The van der Waals surface area contributed by atoms with Crippen molar-refractivity contribution in [3.05, 3.63) is 93.3 Å². The van der Waals surface area contributed by atoms with Crippen LogP contribution < -0.4 is 14.4 Å². The van der Waals surface area contributed by atoms with Crippen molar-refractivity contribution < 1.29 is 33.5 Å². The summed E-state index contributed by atoms with van der Waals surface area (Å²) in [6.45, 7) is 0.679. The van der Waals surface area contributed by atoms with Crippen LogP contribution in [0.4, 0.5) is 15.2 Å². The van der Waals surface area contributed by atoms with Crippen molar-refractivity contribution in [2.75, 3.05) is 18.1 Å². The first-order valence-corrected chi connectivity index (χ1v) is 12.1. The molecule has 1 aromatic heterocycles. The number of Topliss-reactive ketones (excluding diaryl/α,β-unsaturated/α-hetero) is 1. The number of carbonyl (C=O) groups is 2. The van der Waals surface area contributed by atoms with Gasteiger partial charge in [0.15, 0.2) is 16.6 Å². The van der Waals surface area contributed by atoms with E-state index in [-0.39, 0.29) is 22.0 Å². The number of hydrogen-bond donors (Lipinski definition) is 1. The first-order valence-electron chi connectivity index (χ1n) is 11.3. The Bertz CT molecular complexity index is 1680. The number of anilines is 1. The maximum Gasteiger partial charge on any atom is 0.301 e. The highest BCUT2D eigenvalue weighted by molar-refractivity contribution is 7.22. The molecule has 2 aliphatic heterocycles. The van der Waals surface area contributed by atoms with E-state index in [1.165, 1.54) is 54.6 Å². The number of rotatable bonds is 4. The number of benzene rings is 3. The Balaban J connectivity index is 1.53. The van der Waals surface area contributed by atoms with Crippen LogP contribution in [-0.4, -0.2) is 39.9 Å². The summed E-state index contributed by atoms with van der Waals surface area (Å²) in [6.07, 6.45) is 0. The zero-order valence-electron chi connectivity index (χ0n) is 19.3. The largest absolute Gasteiger partial charge is 0.507 e. The van der Waals surface area contributed by atoms with Gasteiger partial charge in [-0.05, 0) is 54.1 Å². The molecule has 2 aliphatic rings. The van der Waals surface area contributed by atoms with Gasteiger partial charge >= 0.3 is 5.91 Å². The van der Waals surface area contributed by atoms with Gasteiger partial charge in [-0.2, -0.15) is 0 Å². The molecule has 1 saturated heterocycles. The van der Waals surface area contributed by atoms with Crippen molar-refractivity contribution in [3.63, 3.8) is 0 Å². The number of nitro groups is 1. The summed E-state index contributed by atoms with van der Waals surface area (Å²) in [6, 6.07) is 12.7. The van der Waals surface area contributed by atoms with E-state index in [0.29, 0.717) is 40.5 Å². The quantitative estimate of drug-likeness (QED) is 0.131. The number of thiazole rings is 1. The third-order valence-electron chi connectivity index (χ3n) is 6.22. The number of aromatic nitrogens is 1. The molecule has 0 aliphatic carbocycles. The molecule has 0 spiro atoms. The molecule has 1 amide bonds. The summed E-state index contributed by atoms with van der Waals surface area (Å²) >= 11 is 1.00. The Morgan fingerprint density at radius 3 is 2.53 bits per heavy atom. The number of ether oxygens (including phenoxy) is 2. The Morgan fingerprint density at radius 1 is 1.05 bits per heavy atom. The molecule has 6 rings (SSSR count). The van der Waals surface area contributed by atoms with Gasteiger partial charge in [-0.25, -0.2) is 9.37 Å². The first kappa shape index (κ1) is 23.6. The van der Waals surface area contributed by atoms with Crippen LogP contribution >= 0.6 is 11.3 Å². The molecule has 4 aromatic rings. The zero-order valence-corrected chi connectivity index (χ0v) is 20.1. The number of non-ortho nitro benzene ring substituents is 1. The van der Waals surface area contributed by atoms with Gasteiger partial charge in [0.25, 0.3) is 11.5 Å². The van der Waals surface area contributed by atoms with E-state index >= 15 is 0 Å². The molecule has 1 fully saturated rings. The molecule has 190 valence electrons. The number of nitrogens with zero attached hydrogens (tertiary/aromatic N) is 3. The molecule has 1 unspecified atom stereocenters. The summed E-state index contributed by atoms with van der Waals surface area (Å²) in [5, 5.41) is 22.6. The van der Waals surface area contributed by atoms with E-state index in [2.05, 4.69) is 4.98 Å². The van der Waals surface area contributed by atoms with Gasteiger partial charge in [-0.15, -0.1) is 0 Å². The fourth-order valence-corrected chi connectivity index (χ4v) is 5.48. The zero-order chi connectivity index (χ0) is 26.6. The predicted molar refractivity (Wildman–Crippen MR) is 135 cm³/mol. The molecule has 3 heterocycles. The van der Waals surface area contributed by atoms with Gasteiger partial charge in [0.1, 0.15) is 24.8 Å². The molecule has 10 nitrogen and oxygen atoms in total. The van der Waals surface area contributed by atoms with Crippen LogP contribution in [0.2, 0.25) is 0 Å². The lowest BCUT2D eigenvalue weighted by Crippen LogP contribution is -2.29. The summed E-state index contributed by atoms with van der Waals surface area (Å²) in [7, 11) is 0. The number of aliphatic hydroxyl groups excluding tert-OH is 1. The maximum atomic E-state index is 13.8. The Morgan fingerprint density at radius 2 is 1.79 bits per heavy atom. The number of carbonyl (C=O) groups excluding carboxylic acids is 2. The highest BCUT2D eigenvalue weighted by Gasteiger charge is 2.48. The number of halogens is 1. The second kappa shape index (κ2) is 8.92. The van der Waals surface area contributed by atoms with Gasteiger partial charge in [0.2, 0.25) is 0 Å². The minimum absolute atomic E-state index is 0.109. The van der Waals surface area contributed by atoms with E-state index in [4.69, 9.17) is 9.47 Å². The van der Waals surface area contributed by atoms with Crippen molar-refractivity contribution in [1.29, 1.82) is 0 Å². The molecule has 1 N–H and O–H groups in total. The smallest absolute Gasteiger partial charge is 0.301 e. The maximum absolute atomic E-state index is 13.8. The van der Waals surface area contributed by atoms with Gasteiger partial charge in [0.05, 0.1) is 26.8 Å². The van der Waals surface area contributed by atoms with Crippen molar-refractivity contribution >= 4 is 49.8 Å². The van der Waals surface area contributed by atoms with Crippen LogP contribution in [-0.2, 0) is 9.59 Å². The summed E-state index contributed by atoms with van der Waals surface area (Å²) in [5.41, 5.74) is 0.548. The molecule has 0 radical (unpaired) electrons. The van der Waals surface area contributed by atoms with Crippen LogP contribution in [0.25, 0.3) is 16.0 Å². The van der Waals surface area contributed by atoms with Crippen LogP contribution in [0.15, 0.2) is 66.2 Å². The van der Waals surface area contributed by atoms with E-state index in [0.717, 1.165) is 16.2 Å². The number of hydrogen-bond acceptors (Lipinski definition) is 9. The van der Waals surface area contributed by atoms with Gasteiger partial charge in [0, 0.05) is 17.7 Å². The lowest BCUT2D eigenvalue weighted by molar-refractivity contribution is -0.384. The van der Waals surface area contributed by atoms with Crippen molar-refractivity contribution in [2.45, 2.75) is 6.04 Å². The number of amides is 1. The third kappa shape index (κ3) is 3.82. The van der Waals surface area contributed by atoms with Crippen molar-refractivity contribution in [2.24, 2.45) is 0 Å². The predicted octanol–water partition coefficient (Wildman–Crippen LogP) is 4.74. The summed E-state index contributed by atoms with van der Waals surface area (Å²) in [5.74, 6) is -2.02. The summed E-state index contributed by atoms with van der Waals surface area (Å²) in [4.78, 5) is 42.9. The van der Waals surface area contributed by atoms with Gasteiger partial charge < -0.3 is 14.6 Å². The third-order valence-corrected chi connectivity index (χ3v) is 7.24. The average molecular weight is 533 g/mol. The number of nitro benzene ring substituents is 1. The average Bonchev–Trinajstić information content (AvgIpc) is 3.45. The Labute approximate surface area is 217 Å². The van der Waals surface area contributed by atoms with E-state index < -0.39 is 34.2 Å². The van der Waals surface area contributed by atoms with E-state index in [1.807, 2.05) is 0 Å². The minimum Gasteiger partial charge on any atom is -0.507 e. The van der Waals surface area contributed by atoms with Crippen LogP contribution in [0, 0.1) is 15.9 Å². The molecular formula is C26H16FN3O7S. The molecule has 3 aromatic carbocycles. The Hall–Kier alpha value is -4.84. The van der Waals surface area contributed by atoms with Gasteiger partial charge in [-0.3, -0.25) is 24.6 Å². The number of fused-ring (bicyclic) bond motifs is 2. The molecule has 12 heteroatoms. The second-order valence-electron chi connectivity index (χ2n) is 8.48. The van der Waals surface area contributed by atoms with Crippen LogP contribution in [0.5, 0.6) is 11.5 Å². The highest BCUT2D eigenvalue weighted by atomic mass is 32.1. The lowest BCUT2D eigenvalue weighted by Gasteiger charge is -2.23. The van der Waals surface area contributed by atoms with E-state index in [9.17, 15) is 29.2 Å². The molecule has 38 heavy (non-hydrogen) atoms. The molecule has 0 bridgehead atoms. The highest BCUT2D eigenvalue weighted by Crippen LogP contribution is 2.45. The Kier molecular flexibility index (Phi) is 5.53. The molecule has 0 saturated carbocycles.